The molecule has 1 amide bonds. The van der Waals surface area contributed by atoms with Crippen molar-refractivity contribution in [3.05, 3.63) is 34.6 Å². The summed E-state index contributed by atoms with van der Waals surface area (Å²) in [7, 11) is 0. The van der Waals surface area contributed by atoms with Gasteiger partial charge in [-0.15, -0.1) is 0 Å². The van der Waals surface area contributed by atoms with E-state index in [1.54, 1.807) is 6.07 Å². The van der Waals surface area contributed by atoms with Crippen molar-refractivity contribution in [3.8, 4) is 0 Å². The molecule has 3 atom stereocenters. The van der Waals surface area contributed by atoms with E-state index in [4.69, 9.17) is 16.3 Å². The molecule has 1 aromatic carbocycles. The van der Waals surface area contributed by atoms with Crippen LogP contribution in [0.4, 0.5) is 4.39 Å². The summed E-state index contributed by atoms with van der Waals surface area (Å²) in [5, 5.41) is 3.28. The molecule has 3 rings (SSSR count). The Bertz CT molecular complexity index is 549. The van der Waals surface area contributed by atoms with E-state index in [0.29, 0.717) is 17.7 Å². The van der Waals surface area contributed by atoms with Crippen LogP contribution in [0.2, 0.25) is 5.02 Å². The molecule has 22 heavy (non-hydrogen) atoms. The van der Waals surface area contributed by atoms with Crippen LogP contribution in [-0.2, 0) is 16.0 Å². The Kier molecular flexibility index (Phi) is 4.66. The van der Waals surface area contributed by atoms with E-state index in [1.807, 2.05) is 0 Å². The van der Waals surface area contributed by atoms with Crippen LogP contribution in [-0.4, -0.2) is 48.7 Å². The second-order valence-corrected chi connectivity index (χ2v) is 6.54. The number of nitrogens with zero attached hydrogens (tertiary/aromatic N) is 1. The topological polar surface area (TPSA) is 41.6 Å². The molecule has 2 saturated heterocycles. The first-order valence-electron chi connectivity index (χ1n) is 7.61. The lowest BCUT2D eigenvalue weighted by Crippen LogP contribution is -2.45. The van der Waals surface area contributed by atoms with Crippen molar-refractivity contribution >= 4 is 17.5 Å². The largest absolute Gasteiger partial charge is 0.376 e. The molecule has 0 bridgehead atoms. The summed E-state index contributed by atoms with van der Waals surface area (Å²) >= 11 is 5.96. The van der Waals surface area contributed by atoms with Crippen LogP contribution < -0.4 is 5.32 Å². The number of carbonyl (C=O) groups is 1. The molecule has 1 N–H and O–H groups in total. The molecule has 120 valence electrons. The fourth-order valence-corrected chi connectivity index (χ4v) is 3.51. The number of carbonyl (C=O) groups excluding carboxylic acids is 1. The van der Waals surface area contributed by atoms with Gasteiger partial charge in [-0.3, -0.25) is 9.69 Å². The van der Waals surface area contributed by atoms with Gasteiger partial charge >= 0.3 is 0 Å². The van der Waals surface area contributed by atoms with Gasteiger partial charge in [-0.25, -0.2) is 4.39 Å². The van der Waals surface area contributed by atoms with Gasteiger partial charge < -0.3 is 10.1 Å². The highest BCUT2D eigenvalue weighted by atomic mass is 35.5. The summed E-state index contributed by atoms with van der Waals surface area (Å²) in [4.78, 5) is 14.5. The quantitative estimate of drug-likeness (QED) is 0.923. The van der Waals surface area contributed by atoms with Crippen LogP contribution in [0, 0.1) is 5.82 Å². The molecule has 0 radical (unpaired) electrons. The van der Waals surface area contributed by atoms with Gasteiger partial charge in [0.2, 0.25) is 5.91 Å². The lowest BCUT2D eigenvalue weighted by Gasteiger charge is -2.33. The molecule has 2 aliphatic heterocycles. The molecule has 0 aliphatic carbocycles. The molecule has 6 heteroatoms. The van der Waals surface area contributed by atoms with Crippen molar-refractivity contribution in [2.24, 2.45) is 0 Å². The average molecular weight is 327 g/mol. The molecule has 0 spiro atoms. The van der Waals surface area contributed by atoms with Gasteiger partial charge in [0.15, 0.2) is 0 Å². The van der Waals surface area contributed by atoms with E-state index in [2.05, 4.69) is 17.1 Å². The van der Waals surface area contributed by atoms with Crippen LogP contribution in [0.1, 0.15) is 18.9 Å². The lowest BCUT2D eigenvalue weighted by molar-refractivity contribution is -0.121. The van der Waals surface area contributed by atoms with Crippen molar-refractivity contribution in [1.82, 2.24) is 10.2 Å². The number of halogens is 2. The van der Waals surface area contributed by atoms with Crippen molar-refractivity contribution in [2.45, 2.75) is 38.0 Å². The summed E-state index contributed by atoms with van der Waals surface area (Å²) in [6.07, 6.45) is 1.09. The number of morpholine rings is 1. The summed E-state index contributed by atoms with van der Waals surface area (Å²) in [5.74, 6) is -0.625. The van der Waals surface area contributed by atoms with E-state index >= 15 is 0 Å². The van der Waals surface area contributed by atoms with Crippen molar-refractivity contribution in [2.75, 3.05) is 19.7 Å². The third-order valence-electron chi connectivity index (χ3n) is 4.36. The van der Waals surface area contributed by atoms with Crippen molar-refractivity contribution in [1.29, 1.82) is 0 Å². The van der Waals surface area contributed by atoms with Gasteiger partial charge in [0.05, 0.1) is 19.1 Å². The molecule has 2 heterocycles. The monoisotopic (exact) mass is 326 g/mol. The zero-order valence-electron chi connectivity index (χ0n) is 12.5. The Hall–Kier alpha value is -1.17. The standard InChI is InChI=1S/C16H20ClFN2O2/c1-10-7-20-8-11(5-12(20)9-22-10)19-16(21)6-13-14(17)3-2-4-15(13)18/h2-4,10-12H,5-9H2,1H3,(H,19,21)/t10-,11-,12-/m0/s1. The predicted molar refractivity (Wildman–Crippen MR) is 82.4 cm³/mol. The number of nitrogens with one attached hydrogen (secondary N) is 1. The first kappa shape index (κ1) is 15.7. The zero-order chi connectivity index (χ0) is 15.7. The minimum atomic E-state index is -0.436. The number of hydrogen-bond acceptors (Lipinski definition) is 3. The third kappa shape index (κ3) is 3.42. The molecule has 4 nitrogen and oxygen atoms in total. The smallest absolute Gasteiger partial charge is 0.224 e. The Morgan fingerprint density at radius 2 is 2.32 bits per heavy atom. The second-order valence-electron chi connectivity index (χ2n) is 6.13. The van der Waals surface area contributed by atoms with Gasteiger partial charge in [0.25, 0.3) is 0 Å². The minimum Gasteiger partial charge on any atom is -0.376 e. The Morgan fingerprint density at radius 1 is 1.50 bits per heavy atom. The number of rotatable bonds is 3. The number of fused-ring (bicyclic) bond motifs is 1. The van der Waals surface area contributed by atoms with E-state index < -0.39 is 5.82 Å². The lowest BCUT2D eigenvalue weighted by atomic mass is 10.1. The van der Waals surface area contributed by atoms with Gasteiger partial charge in [0, 0.05) is 35.8 Å². The number of ether oxygens (including phenoxy) is 1. The van der Waals surface area contributed by atoms with E-state index in [1.165, 1.54) is 12.1 Å². The van der Waals surface area contributed by atoms with Gasteiger partial charge in [-0.2, -0.15) is 0 Å². The van der Waals surface area contributed by atoms with Crippen molar-refractivity contribution < 1.29 is 13.9 Å². The Balaban J connectivity index is 1.57. The summed E-state index contributed by atoms with van der Waals surface area (Å²) in [6, 6.07) is 4.93. The second kappa shape index (κ2) is 6.52. The van der Waals surface area contributed by atoms with Crippen LogP contribution in [0.25, 0.3) is 0 Å². The minimum absolute atomic E-state index is 0.0282. The highest BCUT2D eigenvalue weighted by molar-refractivity contribution is 6.31. The van der Waals surface area contributed by atoms with E-state index in [9.17, 15) is 9.18 Å². The van der Waals surface area contributed by atoms with Gasteiger partial charge in [-0.1, -0.05) is 17.7 Å². The molecule has 0 unspecified atom stereocenters. The Labute approximate surface area is 134 Å². The van der Waals surface area contributed by atoms with E-state index in [0.717, 1.165) is 19.5 Å². The molecule has 0 aromatic heterocycles. The maximum Gasteiger partial charge on any atom is 0.224 e. The molecule has 1 aromatic rings. The van der Waals surface area contributed by atoms with Crippen LogP contribution >= 0.6 is 11.6 Å². The zero-order valence-corrected chi connectivity index (χ0v) is 13.3. The normalized spacial score (nSPS) is 28.4. The molecule has 2 fully saturated rings. The van der Waals surface area contributed by atoms with E-state index in [-0.39, 0.29) is 30.0 Å². The summed E-state index contributed by atoms with van der Waals surface area (Å²) in [5.41, 5.74) is 0.259. The Morgan fingerprint density at radius 3 is 3.09 bits per heavy atom. The SMILES string of the molecule is C[C@H]1CN2C[C@@H](NC(=O)Cc3c(F)cccc3Cl)C[C@H]2CO1. The maximum absolute atomic E-state index is 13.7. The molecular weight excluding hydrogens is 307 g/mol. The number of benzene rings is 1. The van der Waals surface area contributed by atoms with Crippen LogP contribution in [0.3, 0.4) is 0 Å². The van der Waals surface area contributed by atoms with Crippen LogP contribution in [0.15, 0.2) is 18.2 Å². The predicted octanol–water partition coefficient (Wildman–Crippen LogP) is 2.00. The fourth-order valence-electron chi connectivity index (χ4n) is 3.28. The third-order valence-corrected chi connectivity index (χ3v) is 4.71. The van der Waals surface area contributed by atoms with Gasteiger partial charge in [-0.05, 0) is 25.5 Å². The summed E-state index contributed by atoms with van der Waals surface area (Å²) < 4.78 is 19.4. The molecule has 2 aliphatic rings. The first-order valence-corrected chi connectivity index (χ1v) is 7.98. The number of amides is 1. The highest BCUT2D eigenvalue weighted by Gasteiger charge is 2.36. The fraction of sp³-hybridized carbons (Fsp3) is 0.562. The summed E-state index contributed by atoms with van der Waals surface area (Å²) in [6.45, 7) is 4.50. The molecule has 0 saturated carbocycles. The highest BCUT2D eigenvalue weighted by Crippen LogP contribution is 2.24. The maximum atomic E-state index is 13.7. The van der Waals surface area contributed by atoms with Crippen molar-refractivity contribution in [3.63, 3.8) is 0 Å². The number of hydrogen-bond donors (Lipinski definition) is 1. The average Bonchev–Trinajstić information content (AvgIpc) is 2.84. The van der Waals surface area contributed by atoms with Gasteiger partial charge in [0.1, 0.15) is 5.82 Å². The molecular formula is C16H20ClFN2O2. The first-order chi connectivity index (χ1) is 10.5. The van der Waals surface area contributed by atoms with Crippen LogP contribution in [0.5, 0.6) is 0 Å².